The predicted molar refractivity (Wildman–Crippen MR) is 59.4 cm³/mol. The van der Waals surface area contributed by atoms with Crippen molar-refractivity contribution in [3.8, 4) is 0 Å². The van der Waals surface area contributed by atoms with Crippen LogP contribution in [0.25, 0.3) is 0 Å². The van der Waals surface area contributed by atoms with Crippen LogP contribution in [0.4, 0.5) is 5.69 Å². The van der Waals surface area contributed by atoms with E-state index in [1.165, 1.54) is 24.3 Å². The molecule has 0 N–H and O–H groups in total. The Morgan fingerprint density at radius 3 is 2.11 bits per heavy atom. The predicted octanol–water partition coefficient (Wildman–Crippen LogP) is 1.72. The molecule has 1 aromatic rings. The number of carbonyl (C=O) groups is 2. The molecule has 0 aliphatic rings. The van der Waals surface area contributed by atoms with Crippen molar-refractivity contribution in [2.45, 2.75) is 20.1 Å². The van der Waals surface area contributed by atoms with Crippen molar-refractivity contribution in [3.63, 3.8) is 0 Å². The Hall–Kier alpha value is -2.44. The van der Waals surface area contributed by atoms with Gasteiger partial charge in [-0.25, -0.2) is 0 Å². The molecular weight excluding hydrogens is 242 g/mol. The fourth-order valence-corrected chi connectivity index (χ4v) is 1.31. The van der Waals surface area contributed by atoms with Crippen LogP contribution in [0.15, 0.2) is 24.3 Å². The van der Waals surface area contributed by atoms with Gasteiger partial charge in [0.15, 0.2) is 0 Å². The number of para-hydroxylation sites is 1. The molecule has 0 radical (unpaired) electrons. The second-order valence-corrected chi connectivity index (χ2v) is 3.37. The molecule has 0 spiro atoms. The molecule has 0 amide bonds. The minimum absolute atomic E-state index is 0.00731. The standard InChI is InChI=1S/C11H11NO6/c1-7(13)17-11(18-8(2)14)9-5-3-4-6-10(9)12(15)16/h3-6,11H,1-2H3. The Kier molecular flexibility index (Phi) is 4.36. The van der Waals surface area contributed by atoms with Crippen molar-refractivity contribution in [2.75, 3.05) is 0 Å². The minimum Gasteiger partial charge on any atom is -0.420 e. The fourth-order valence-electron chi connectivity index (χ4n) is 1.31. The van der Waals surface area contributed by atoms with Gasteiger partial charge in [0.2, 0.25) is 0 Å². The smallest absolute Gasteiger partial charge is 0.305 e. The molecule has 7 nitrogen and oxygen atoms in total. The first-order chi connectivity index (χ1) is 8.41. The van der Waals surface area contributed by atoms with Crippen LogP contribution < -0.4 is 0 Å². The maximum Gasteiger partial charge on any atom is 0.305 e. The molecule has 1 aromatic carbocycles. The first-order valence-corrected chi connectivity index (χ1v) is 4.99. The maximum absolute atomic E-state index is 10.9. The van der Waals surface area contributed by atoms with Crippen LogP contribution in [0.3, 0.4) is 0 Å². The van der Waals surface area contributed by atoms with Crippen molar-refractivity contribution in [2.24, 2.45) is 0 Å². The number of ether oxygens (including phenoxy) is 2. The molecule has 0 atom stereocenters. The highest BCUT2D eigenvalue weighted by Crippen LogP contribution is 2.28. The minimum atomic E-state index is -1.42. The van der Waals surface area contributed by atoms with Crippen molar-refractivity contribution < 1.29 is 24.0 Å². The highest BCUT2D eigenvalue weighted by atomic mass is 16.7. The quantitative estimate of drug-likeness (QED) is 0.351. The van der Waals surface area contributed by atoms with Gasteiger partial charge < -0.3 is 9.47 Å². The molecule has 0 fully saturated rings. The fraction of sp³-hybridized carbons (Fsp3) is 0.273. The van der Waals surface area contributed by atoms with Gasteiger partial charge in [-0.05, 0) is 6.07 Å². The van der Waals surface area contributed by atoms with E-state index in [1.54, 1.807) is 0 Å². The van der Waals surface area contributed by atoms with Gasteiger partial charge in [0.1, 0.15) is 5.56 Å². The highest BCUT2D eigenvalue weighted by molar-refractivity contribution is 5.68. The third kappa shape index (κ3) is 3.55. The molecule has 7 heteroatoms. The number of nitro groups is 1. The normalized spacial score (nSPS) is 9.94. The average molecular weight is 253 g/mol. The van der Waals surface area contributed by atoms with Crippen LogP contribution in [0.5, 0.6) is 0 Å². The summed E-state index contributed by atoms with van der Waals surface area (Å²) in [6.07, 6.45) is -1.42. The first kappa shape index (κ1) is 13.6. The molecule has 18 heavy (non-hydrogen) atoms. The van der Waals surface area contributed by atoms with Crippen LogP contribution in [-0.2, 0) is 19.1 Å². The molecule has 1 rings (SSSR count). The Bertz CT molecular complexity index is 468. The van der Waals surface area contributed by atoms with E-state index in [1.807, 2.05) is 0 Å². The molecule has 96 valence electrons. The lowest BCUT2D eigenvalue weighted by molar-refractivity contribution is -0.386. The number of rotatable bonds is 4. The van der Waals surface area contributed by atoms with Gasteiger partial charge in [-0.15, -0.1) is 0 Å². The lowest BCUT2D eigenvalue weighted by atomic mass is 10.1. The van der Waals surface area contributed by atoms with Gasteiger partial charge in [0.05, 0.1) is 4.92 Å². The summed E-state index contributed by atoms with van der Waals surface area (Å²) in [5, 5.41) is 10.8. The number of hydrogen-bond acceptors (Lipinski definition) is 6. The zero-order chi connectivity index (χ0) is 13.7. The third-order valence-electron chi connectivity index (χ3n) is 1.93. The van der Waals surface area contributed by atoms with Crippen LogP contribution >= 0.6 is 0 Å². The van der Waals surface area contributed by atoms with Crippen LogP contribution in [0, 0.1) is 10.1 Å². The number of nitro benzene ring substituents is 1. The van der Waals surface area contributed by atoms with Crippen molar-refractivity contribution >= 4 is 17.6 Å². The lowest BCUT2D eigenvalue weighted by Crippen LogP contribution is -2.16. The number of esters is 2. The van der Waals surface area contributed by atoms with Gasteiger partial charge in [-0.3, -0.25) is 19.7 Å². The van der Waals surface area contributed by atoms with E-state index >= 15 is 0 Å². The lowest BCUT2D eigenvalue weighted by Gasteiger charge is -2.16. The van der Waals surface area contributed by atoms with Crippen molar-refractivity contribution in [1.29, 1.82) is 0 Å². The first-order valence-electron chi connectivity index (χ1n) is 4.99. The largest absolute Gasteiger partial charge is 0.420 e. The van der Waals surface area contributed by atoms with Crippen LogP contribution in [0.1, 0.15) is 25.7 Å². The summed E-state index contributed by atoms with van der Waals surface area (Å²) >= 11 is 0. The summed E-state index contributed by atoms with van der Waals surface area (Å²) < 4.78 is 9.50. The summed E-state index contributed by atoms with van der Waals surface area (Å²) in [5.74, 6) is -1.42. The molecular formula is C11H11NO6. The Labute approximate surface area is 102 Å². The SMILES string of the molecule is CC(=O)OC(OC(C)=O)c1ccccc1[N+](=O)[O-]. The van der Waals surface area contributed by atoms with E-state index in [0.29, 0.717) is 0 Å². The van der Waals surface area contributed by atoms with Gasteiger partial charge in [-0.1, -0.05) is 12.1 Å². The van der Waals surface area contributed by atoms with Gasteiger partial charge in [0.25, 0.3) is 12.0 Å². The molecule has 0 aliphatic heterocycles. The molecule has 0 saturated carbocycles. The topological polar surface area (TPSA) is 95.7 Å². The molecule has 0 bridgehead atoms. The zero-order valence-corrected chi connectivity index (χ0v) is 9.78. The summed E-state index contributed by atoms with van der Waals surface area (Å²) in [6.45, 7) is 2.23. The maximum atomic E-state index is 10.9. The Balaban J connectivity index is 3.15. The van der Waals surface area contributed by atoms with Gasteiger partial charge in [-0.2, -0.15) is 0 Å². The Morgan fingerprint density at radius 2 is 1.67 bits per heavy atom. The van der Waals surface area contributed by atoms with E-state index in [-0.39, 0.29) is 11.3 Å². The molecule has 0 unspecified atom stereocenters. The monoisotopic (exact) mass is 253 g/mol. The Morgan fingerprint density at radius 1 is 1.17 bits per heavy atom. The third-order valence-corrected chi connectivity index (χ3v) is 1.93. The van der Waals surface area contributed by atoms with Crippen molar-refractivity contribution in [1.82, 2.24) is 0 Å². The summed E-state index contributed by atoms with van der Waals surface area (Å²) in [4.78, 5) is 32.0. The second-order valence-electron chi connectivity index (χ2n) is 3.37. The van der Waals surface area contributed by atoms with E-state index in [2.05, 4.69) is 0 Å². The molecule has 0 heterocycles. The summed E-state index contributed by atoms with van der Waals surface area (Å²) in [5.41, 5.74) is -0.280. The molecule has 0 aromatic heterocycles. The van der Waals surface area contributed by atoms with Gasteiger partial charge in [0, 0.05) is 19.9 Å². The number of hydrogen-bond donors (Lipinski definition) is 0. The van der Waals surface area contributed by atoms with E-state index in [4.69, 9.17) is 9.47 Å². The van der Waals surface area contributed by atoms with E-state index < -0.39 is 23.2 Å². The number of nitrogens with zero attached hydrogens (tertiary/aromatic N) is 1. The van der Waals surface area contributed by atoms with E-state index in [9.17, 15) is 19.7 Å². The molecule has 0 saturated heterocycles. The van der Waals surface area contributed by atoms with Crippen molar-refractivity contribution in [3.05, 3.63) is 39.9 Å². The van der Waals surface area contributed by atoms with Gasteiger partial charge >= 0.3 is 11.9 Å². The highest BCUT2D eigenvalue weighted by Gasteiger charge is 2.26. The summed E-state index contributed by atoms with van der Waals surface area (Å²) in [7, 11) is 0. The number of carbonyl (C=O) groups excluding carboxylic acids is 2. The summed E-state index contributed by atoms with van der Waals surface area (Å²) in [6, 6.07) is 5.56. The average Bonchev–Trinajstić information content (AvgIpc) is 2.26. The zero-order valence-electron chi connectivity index (χ0n) is 9.78. The van der Waals surface area contributed by atoms with Crippen LogP contribution in [0.2, 0.25) is 0 Å². The van der Waals surface area contributed by atoms with E-state index in [0.717, 1.165) is 13.8 Å². The molecule has 0 aliphatic carbocycles. The second kappa shape index (κ2) is 5.76. The number of benzene rings is 1. The van der Waals surface area contributed by atoms with Crippen LogP contribution in [-0.4, -0.2) is 16.9 Å².